The number of ether oxygens (including phenoxy) is 3. The van der Waals surface area contributed by atoms with Gasteiger partial charge >= 0.3 is 5.97 Å². The van der Waals surface area contributed by atoms with E-state index in [2.05, 4.69) is 4.74 Å². The van der Waals surface area contributed by atoms with Crippen molar-refractivity contribution in [1.29, 1.82) is 0 Å². The third-order valence-electron chi connectivity index (χ3n) is 3.62. The molecule has 0 heterocycles. The molecular weight excluding hydrogens is 322 g/mol. The van der Waals surface area contributed by atoms with Gasteiger partial charge in [0, 0.05) is 13.6 Å². The van der Waals surface area contributed by atoms with Gasteiger partial charge in [0.05, 0.1) is 19.8 Å². The van der Waals surface area contributed by atoms with E-state index in [0.717, 1.165) is 11.3 Å². The van der Waals surface area contributed by atoms with Crippen molar-refractivity contribution in [3.05, 3.63) is 59.7 Å². The van der Waals surface area contributed by atoms with E-state index >= 15 is 0 Å². The number of esters is 1. The summed E-state index contributed by atoms with van der Waals surface area (Å²) in [5, 5.41) is 0. The molecule has 132 valence electrons. The summed E-state index contributed by atoms with van der Waals surface area (Å²) in [6.45, 7) is 0.374. The molecule has 2 aromatic carbocycles. The number of amides is 1. The van der Waals surface area contributed by atoms with E-state index in [0.29, 0.717) is 17.9 Å². The number of rotatable bonds is 7. The average Bonchev–Trinajstić information content (AvgIpc) is 2.65. The van der Waals surface area contributed by atoms with Crippen molar-refractivity contribution in [3.8, 4) is 11.5 Å². The number of likely N-dealkylation sites (N-methyl/N-ethyl adjacent to an activating group) is 1. The maximum absolute atomic E-state index is 12.2. The molecular formula is C19H21NO5. The molecule has 0 saturated carbocycles. The summed E-state index contributed by atoms with van der Waals surface area (Å²) in [5.41, 5.74) is 1.40. The SMILES string of the molecule is COC(=O)c1ccc(OCC(=O)N(C)Cc2cccc(OC)c2)cc1. The van der Waals surface area contributed by atoms with Crippen molar-refractivity contribution in [2.24, 2.45) is 0 Å². The predicted molar refractivity (Wildman–Crippen MR) is 92.7 cm³/mol. The zero-order valence-corrected chi connectivity index (χ0v) is 14.5. The Kier molecular flexibility index (Phi) is 6.39. The molecule has 25 heavy (non-hydrogen) atoms. The molecule has 6 nitrogen and oxygen atoms in total. The highest BCUT2D eigenvalue weighted by molar-refractivity contribution is 5.89. The Bertz CT molecular complexity index is 727. The predicted octanol–water partition coefficient (Wildman–Crippen LogP) is 2.52. The molecule has 0 bridgehead atoms. The molecule has 2 aromatic rings. The number of methoxy groups -OCH3 is 2. The third-order valence-corrected chi connectivity index (χ3v) is 3.62. The highest BCUT2D eigenvalue weighted by atomic mass is 16.5. The molecule has 0 aromatic heterocycles. The van der Waals surface area contributed by atoms with Gasteiger partial charge in [-0.3, -0.25) is 4.79 Å². The van der Waals surface area contributed by atoms with Crippen LogP contribution in [0.2, 0.25) is 0 Å². The molecule has 0 spiro atoms. The number of nitrogens with zero attached hydrogens (tertiary/aromatic N) is 1. The van der Waals surface area contributed by atoms with Crippen molar-refractivity contribution in [2.45, 2.75) is 6.54 Å². The molecule has 1 amide bonds. The Morgan fingerprint density at radius 2 is 1.72 bits per heavy atom. The first-order chi connectivity index (χ1) is 12.0. The van der Waals surface area contributed by atoms with Crippen LogP contribution < -0.4 is 9.47 Å². The minimum absolute atomic E-state index is 0.0853. The molecule has 0 atom stereocenters. The van der Waals surface area contributed by atoms with E-state index in [-0.39, 0.29) is 12.5 Å². The summed E-state index contributed by atoms with van der Waals surface area (Å²) in [7, 11) is 4.64. The molecule has 0 aliphatic heterocycles. The Morgan fingerprint density at radius 3 is 2.36 bits per heavy atom. The highest BCUT2D eigenvalue weighted by Crippen LogP contribution is 2.15. The summed E-state index contributed by atoms with van der Waals surface area (Å²) >= 11 is 0. The standard InChI is InChI=1S/C19H21NO5/c1-20(12-14-5-4-6-17(11-14)23-2)18(21)13-25-16-9-7-15(8-10-16)19(22)24-3/h4-11H,12-13H2,1-3H3. The van der Waals surface area contributed by atoms with Crippen molar-refractivity contribution >= 4 is 11.9 Å². The van der Waals surface area contributed by atoms with Gasteiger partial charge in [0.2, 0.25) is 0 Å². The summed E-state index contributed by atoms with van der Waals surface area (Å²) in [4.78, 5) is 25.1. The maximum Gasteiger partial charge on any atom is 0.337 e. The van der Waals surface area contributed by atoms with Gasteiger partial charge < -0.3 is 19.1 Å². The van der Waals surface area contributed by atoms with Gasteiger partial charge in [-0.15, -0.1) is 0 Å². The minimum atomic E-state index is -0.416. The fourth-order valence-electron chi connectivity index (χ4n) is 2.19. The Balaban J connectivity index is 1.87. The van der Waals surface area contributed by atoms with Crippen molar-refractivity contribution < 1.29 is 23.8 Å². The number of carbonyl (C=O) groups is 2. The van der Waals surface area contributed by atoms with E-state index in [4.69, 9.17) is 9.47 Å². The number of benzene rings is 2. The van der Waals surface area contributed by atoms with Crippen LogP contribution in [0.25, 0.3) is 0 Å². The lowest BCUT2D eigenvalue weighted by Crippen LogP contribution is -2.30. The smallest absolute Gasteiger partial charge is 0.337 e. The van der Waals surface area contributed by atoms with Crippen LogP contribution in [0.1, 0.15) is 15.9 Å². The van der Waals surface area contributed by atoms with E-state index in [9.17, 15) is 9.59 Å². The monoisotopic (exact) mass is 343 g/mol. The van der Waals surface area contributed by atoms with Crippen LogP contribution in [-0.2, 0) is 16.1 Å². The van der Waals surface area contributed by atoms with Crippen LogP contribution in [0.15, 0.2) is 48.5 Å². The molecule has 0 unspecified atom stereocenters. The Labute approximate surface area is 146 Å². The molecule has 0 aliphatic carbocycles. The van der Waals surface area contributed by atoms with Crippen molar-refractivity contribution in [2.75, 3.05) is 27.9 Å². The van der Waals surface area contributed by atoms with Gasteiger partial charge in [-0.1, -0.05) is 12.1 Å². The van der Waals surface area contributed by atoms with Crippen molar-refractivity contribution in [3.63, 3.8) is 0 Å². The van der Waals surface area contributed by atoms with Gasteiger partial charge in [-0.05, 0) is 42.0 Å². The van der Waals surface area contributed by atoms with Crippen LogP contribution in [0.5, 0.6) is 11.5 Å². The lowest BCUT2D eigenvalue weighted by Gasteiger charge is -2.18. The molecule has 0 saturated heterocycles. The third kappa shape index (κ3) is 5.24. The first-order valence-corrected chi connectivity index (χ1v) is 7.71. The minimum Gasteiger partial charge on any atom is -0.497 e. The molecule has 0 aliphatic rings. The Hall–Kier alpha value is -3.02. The van der Waals surface area contributed by atoms with Gasteiger partial charge in [0.25, 0.3) is 5.91 Å². The summed E-state index contributed by atoms with van der Waals surface area (Å²) in [6, 6.07) is 14.0. The lowest BCUT2D eigenvalue weighted by molar-refractivity contribution is -0.132. The van der Waals surface area contributed by atoms with Crippen LogP contribution in [-0.4, -0.2) is 44.7 Å². The average molecular weight is 343 g/mol. The van der Waals surface area contributed by atoms with Gasteiger partial charge in [0.15, 0.2) is 6.61 Å². The van der Waals surface area contributed by atoms with Crippen LogP contribution >= 0.6 is 0 Å². The van der Waals surface area contributed by atoms with Crippen molar-refractivity contribution in [1.82, 2.24) is 4.90 Å². The molecule has 2 rings (SSSR count). The van der Waals surface area contributed by atoms with Gasteiger partial charge in [0.1, 0.15) is 11.5 Å². The van der Waals surface area contributed by atoms with Crippen LogP contribution in [0, 0.1) is 0 Å². The molecule has 0 radical (unpaired) electrons. The quantitative estimate of drug-likeness (QED) is 0.723. The van der Waals surface area contributed by atoms with Crippen LogP contribution in [0.3, 0.4) is 0 Å². The summed E-state index contributed by atoms with van der Waals surface area (Å²) in [6.07, 6.45) is 0. The second-order valence-corrected chi connectivity index (χ2v) is 5.41. The topological polar surface area (TPSA) is 65.1 Å². The fraction of sp³-hybridized carbons (Fsp3) is 0.263. The number of hydrogen-bond acceptors (Lipinski definition) is 5. The van der Waals surface area contributed by atoms with Crippen LogP contribution in [0.4, 0.5) is 0 Å². The first kappa shape index (κ1) is 18.3. The van der Waals surface area contributed by atoms with E-state index in [1.54, 1.807) is 43.3 Å². The molecule has 0 N–H and O–H groups in total. The number of carbonyl (C=O) groups excluding carboxylic acids is 2. The molecule has 6 heteroatoms. The highest BCUT2D eigenvalue weighted by Gasteiger charge is 2.11. The number of hydrogen-bond donors (Lipinski definition) is 0. The van der Waals surface area contributed by atoms with Gasteiger partial charge in [-0.25, -0.2) is 4.79 Å². The lowest BCUT2D eigenvalue weighted by atomic mass is 10.2. The zero-order valence-electron chi connectivity index (χ0n) is 14.5. The summed E-state index contributed by atoms with van der Waals surface area (Å²) < 4.78 is 15.3. The maximum atomic E-state index is 12.2. The second-order valence-electron chi connectivity index (χ2n) is 5.41. The van der Waals surface area contributed by atoms with E-state index in [1.165, 1.54) is 7.11 Å². The molecule has 0 fully saturated rings. The second kappa shape index (κ2) is 8.73. The summed E-state index contributed by atoms with van der Waals surface area (Å²) in [5.74, 6) is 0.691. The first-order valence-electron chi connectivity index (χ1n) is 7.71. The normalized spacial score (nSPS) is 10.0. The Morgan fingerprint density at radius 1 is 1.00 bits per heavy atom. The largest absolute Gasteiger partial charge is 0.497 e. The van der Waals surface area contributed by atoms with Gasteiger partial charge in [-0.2, -0.15) is 0 Å². The van der Waals surface area contributed by atoms with E-state index < -0.39 is 5.97 Å². The van der Waals surface area contributed by atoms with E-state index in [1.807, 2.05) is 24.3 Å². The fourth-order valence-corrected chi connectivity index (χ4v) is 2.19. The zero-order chi connectivity index (χ0) is 18.2.